The lowest BCUT2D eigenvalue weighted by molar-refractivity contribution is -0.122. The van der Waals surface area contributed by atoms with Gasteiger partial charge in [-0.05, 0) is 19.1 Å². The number of anilines is 1. The number of nitrogens with one attached hydrogen (secondary N) is 1. The van der Waals surface area contributed by atoms with Crippen molar-refractivity contribution in [3.8, 4) is 0 Å². The van der Waals surface area contributed by atoms with Crippen LogP contribution in [-0.4, -0.2) is 31.0 Å². The van der Waals surface area contributed by atoms with Crippen molar-refractivity contribution < 1.29 is 4.79 Å². The third-order valence-electron chi connectivity index (χ3n) is 2.11. The molecule has 0 spiro atoms. The molecule has 6 heteroatoms. The molecular formula is C11H19ClN4O. The predicted molar refractivity (Wildman–Crippen MR) is 71.3 cm³/mol. The number of rotatable bonds is 4. The van der Waals surface area contributed by atoms with Crippen LogP contribution in [0.5, 0.6) is 0 Å². The van der Waals surface area contributed by atoms with Crippen molar-refractivity contribution in [1.82, 2.24) is 10.3 Å². The standard InChI is InChI=1S/C11H18N4O.ClH/c1-8(12)11(16)13-7-9-5-4-6-10(14-9)15(2)3;/h4-6,8H,7,12H2,1-3H3,(H,13,16);1H/t8-;/m1./s1. The summed E-state index contributed by atoms with van der Waals surface area (Å²) in [5.74, 6) is 0.699. The van der Waals surface area contributed by atoms with Gasteiger partial charge in [-0.3, -0.25) is 4.79 Å². The Balaban J connectivity index is 0.00000256. The van der Waals surface area contributed by atoms with E-state index in [1.165, 1.54) is 0 Å². The first-order valence-electron chi connectivity index (χ1n) is 5.17. The summed E-state index contributed by atoms with van der Waals surface area (Å²) >= 11 is 0. The zero-order valence-electron chi connectivity index (χ0n) is 10.3. The molecule has 1 aromatic heterocycles. The third-order valence-corrected chi connectivity index (χ3v) is 2.11. The largest absolute Gasteiger partial charge is 0.363 e. The van der Waals surface area contributed by atoms with Gasteiger partial charge < -0.3 is 16.0 Å². The molecule has 1 amide bonds. The lowest BCUT2D eigenvalue weighted by atomic mass is 10.3. The highest BCUT2D eigenvalue weighted by Gasteiger charge is 2.07. The van der Waals surface area contributed by atoms with Crippen molar-refractivity contribution in [2.45, 2.75) is 19.5 Å². The van der Waals surface area contributed by atoms with E-state index in [1.54, 1.807) is 6.92 Å². The van der Waals surface area contributed by atoms with Gasteiger partial charge in [-0.15, -0.1) is 12.4 Å². The number of carbonyl (C=O) groups is 1. The van der Waals surface area contributed by atoms with E-state index in [1.807, 2.05) is 37.2 Å². The lowest BCUT2D eigenvalue weighted by Crippen LogP contribution is -2.38. The van der Waals surface area contributed by atoms with Gasteiger partial charge in [-0.1, -0.05) is 6.07 Å². The number of halogens is 1. The number of hydrogen-bond donors (Lipinski definition) is 2. The second kappa shape index (κ2) is 7.09. The molecule has 0 aliphatic carbocycles. The number of aromatic nitrogens is 1. The smallest absolute Gasteiger partial charge is 0.236 e. The van der Waals surface area contributed by atoms with Gasteiger partial charge in [0.15, 0.2) is 0 Å². The van der Waals surface area contributed by atoms with Gasteiger partial charge in [0.05, 0.1) is 18.3 Å². The molecule has 1 atom stereocenters. The fraction of sp³-hybridized carbons (Fsp3) is 0.455. The Kier molecular flexibility index (Phi) is 6.53. The van der Waals surface area contributed by atoms with Crippen molar-refractivity contribution >= 4 is 24.1 Å². The zero-order chi connectivity index (χ0) is 12.1. The highest BCUT2D eigenvalue weighted by Crippen LogP contribution is 2.07. The van der Waals surface area contributed by atoms with Crippen LogP contribution in [0.2, 0.25) is 0 Å². The van der Waals surface area contributed by atoms with Crippen LogP contribution >= 0.6 is 12.4 Å². The van der Waals surface area contributed by atoms with E-state index in [9.17, 15) is 4.79 Å². The van der Waals surface area contributed by atoms with Crippen LogP contribution in [0.15, 0.2) is 18.2 Å². The normalized spacial score (nSPS) is 11.3. The molecule has 1 aromatic rings. The maximum atomic E-state index is 11.3. The van der Waals surface area contributed by atoms with E-state index in [2.05, 4.69) is 10.3 Å². The molecular weight excluding hydrogens is 240 g/mol. The number of carbonyl (C=O) groups excluding carboxylic acids is 1. The molecule has 0 fully saturated rings. The first kappa shape index (κ1) is 15.7. The average molecular weight is 259 g/mol. The molecule has 0 saturated carbocycles. The molecule has 3 N–H and O–H groups in total. The summed E-state index contributed by atoms with van der Waals surface area (Å²) in [6, 6.07) is 5.21. The van der Waals surface area contributed by atoms with Crippen molar-refractivity contribution in [2.75, 3.05) is 19.0 Å². The zero-order valence-corrected chi connectivity index (χ0v) is 11.1. The van der Waals surface area contributed by atoms with Gasteiger partial charge in [-0.25, -0.2) is 4.98 Å². The second-order valence-electron chi connectivity index (χ2n) is 3.89. The van der Waals surface area contributed by atoms with E-state index in [0.29, 0.717) is 6.54 Å². The summed E-state index contributed by atoms with van der Waals surface area (Å²) in [6.45, 7) is 2.06. The Morgan fingerprint density at radius 2 is 2.18 bits per heavy atom. The molecule has 96 valence electrons. The number of pyridine rings is 1. The van der Waals surface area contributed by atoms with Crippen molar-refractivity contribution in [1.29, 1.82) is 0 Å². The van der Waals surface area contributed by atoms with Crippen LogP contribution in [0.4, 0.5) is 5.82 Å². The van der Waals surface area contributed by atoms with Crippen LogP contribution in [0, 0.1) is 0 Å². The Morgan fingerprint density at radius 1 is 1.53 bits per heavy atom. The number of nitrogens with two attached hydrogens (primary N) is 1. The van der Waals surface area contributed by atoms with E-state index < -0.39 is 6.04 Å². The molecule has 1 heterocycles. The summed E-state index contributed by atoms with van der Waals surface area (Å²) in [5.41, 5.74) is 6.26. The van der Waals surface area contributed by atoms with Crippen LogP contribution in [0.3, 0.4) is 0 Å². The summed E-state index contributed by atoms with van der Waals surface area (Å²) < 4.78 is 0. The Bertz CT molecular complexity index is 368. The molecule has 1 rings (SSSR count). The molecule has 0 aromatic carbocycles. The summed E-state index contributed by atoms with van der Waals surface area (Å²) in [4.78, 5) is 17.5. The third kappa shape index (κ3) is 5.01. The Morgan fingerprint density at radius 3 is 2.71 bits per heavy atom. The van der Waals surface area contributed by atoms with E-state index >= 15 is 0 Å². The summed E-state index contributed by atoms with van der Waals surface area (Å²) in [7, 11) is 3.85. The summed E-state index contributed by atoms with van der Waals surface area (Å²) in [6.07, 6.45) is 0. The van der Waals surface area contributed by atoms with Crippen molar-refractivity contribution in [3.63, 3.8) is 0 Å². The number of amides is 1. The highest BCUT2D eigenvalue weighted by molar-refractivity contribution is 5.85. The van der Waals surface area contributed by atoms with Crippen LogP contribution in [0.25, 0.3) is 0 Å². The first-order chi connectivity index (χ1) is 7.50. The van der Waals surface area contributed by atoms with Crippen LogP contribution in [0.1, 0.15) is 12.6 Å². The van der Waals surface area contributed by atoms with Gasteiger partial charge in [0, 0.05) is 14.1 Å². The molecule has 17 heavy (non-hydrogen) atoms. The number of hydrogen-bond acceptors (Lipinski definition) is 4. The summed E-state index contributed by atoms with van der Waals surface area (Å²) in [5, 5.41) is 2.72. The highest BCUT2D eigenvalue weighted by atomic mass is 35.5. The average Bonchev–Trinajstić information content (AvgIpc) is 2.26. The Labute approximate surface area is 108 Å². The van der Waals surface area contributed by atoms with Crippen LogP contribution < -0.4 is 16.0 Å². The fourth-order valence-corrected chi connectivity index (χ4v) is 1.15. The molecule has 0 aliphatic heterocycles. The SMILES string of the molecule is C[C@@H](N)C(=O)NCc1cccc(N(C)C)n1.Cl. The predicted octanol–water partition coefficient (Wildman–Crippen LogP) is 0.533. The topological polar surface area (TPSA) is 71.2 Å². The van der Waals surface area contributed by atoms with Crippen molar-refractivity contribution in [2.24, 2.45) is 5.73 Å². The van der Waals surface area contributed by atoms with E-state index in [0.717, 1.165) is 11.5 Å². The maximum absolute atomic E-state index is 11.3. The maximum Gasteiger partial charge on any atom is 0.236 e. The molecule has 0 bridgehead atoms. The molecule has 0 radical (unpaired) electrons. The number of nitrogens with zero attached hydrogens (tertiary/aromatic N) is 2. The quantitative estimate of drug-likeness (QED) is 0.827. The lowest BCUT2D eigenvalue weighted by Gasteiger charge is -2.13. The molecule has 5 nitrogen and oxygen atoms in total. The minimum absolute atomic E-state index is 0. The van der Waals surface area contributed by atoms with Gasteiger partial charge in [-0.2, -0.15) is 0 Å². The van der Waals surface area contributed by atoms with Gasteiger partial charge >= 0.3 is 0 Å². The van der Waals surface area contributed by atoms with Gasteiger partial charge in [0.2, 0.25) is 5.91 Å². The molecule has 0 unspecified atom stereocenters. The second-order valence-corrected chi connectivity index (χ2v) is 3.89. The van der Waals surface area contributed by atoms with E-state index in [4.69, 9.17) is 5.73 Å². The first-order valence-corrected chi connectivity index (χ1v) is 5.17. The van der Waals surface area contributed by atoms with Gasteiger partial charge in [0.25, 0.3) is 0 Å². The minimum atomic E-state index is -0.489. The minimum Gasteiger partial charge on any atom is -0.363 e. The van der Waals surface area contributed by atoms with Gasteiger partial charge in [0.1, 0.15) is 5.82 Å². The van der Waals surface area contributed by atoms with Crippen LogP contribution in [-0.2, 0) is 11.3 Å². The fourth-order valence-electron chi connectivity index (χ4n) is 1.15. The van der Waals surface area contributed by atoms with Crippen molar-refractivity contribution in [3.05, 3.63) is 23.9 Å². The molecule has 0 saturated heterocycles. The Hall–Kier alpha value is -1.33. The van der Waals surface area contributed by atoms with E-state index in [-0.39, 0.29) is 18.3 Å². The molecule has 0 aliphatic rings. The monoisotopic (exact) mass is 258 g/mol.